The summed E-state index contributed by atoms with van der Waals surface area (Å²) in [6, 6.07) is 8.43. The molecule has 19 heavy (non-hydrogen) atoms. The highest BCUT2D eigenvalue weighted by Crippen LogP contribution is 2.20. The van der Waals surface area contributed by atoms with Crippen molar-refractivity contribution in [2.24, 2.45) is 17.8 Å². The van der Waals surface area contributed by atoms with Crippen LogP contribution in [-0.4, -0.2) is 20.2 Å². The number of hydrogen-bond donors (Lipinski definition) is 1. The zero-order valence-corrected chi connectivity index (χ0v) is 13.1. The molecule has 0 aliphatic carbocycles. The molecule has 0 spiro atoms. The predicted molar refractivity (Wildman–Crippen MR) is 82.7 cm³/mol. The Morgan fingerprint density at radius 3 is 2.42 bits per heavy atom. The Bertz CT molecular complexity index is 360. The number of hydrogen-bond acceptors (Lipinski definition) is 2. The molecular formula is C17H29NO. The molecule has 1 aromatic rings. The van der Waals surface area contributed by atoms with Crippen LogP contribution in [0.5, 0.6) is 5.75 Å². The number of methoxy groups -OCH3 is 1. The van der Waals surface area contributed by atoms with Crippen molar-refractivity contribution in [2.45, 2.75) is 34.1 Å². The Balaban J connectivity index is 2.56. The summed E-state index contributed by atoms with van der Waals surface area (Å²) in [5.74, 6) is 3.02. The van der Waals surface area contributed by atoms with Crippen LogP contribution in [0, 0.1) is 17.8 Å². The van der Waals surface area contributed by atoms with Crippen LogP contribution in [0.4, 0.5) is 0 Å². The minimum absolute atomic E-state index is 0.672. The van der Waals surface area contributed by atoms with Gasteiger partial charge in [0.15, 0.2) is 0 Å². The highest BCUT2D eigenvalue weighted by molar-refractivity contribution is 5.28. The molecule has 0 saturated heterocycles. The quantitative estimate of drug-likeness (QED) is 0.771. The molecule has 108 valence electrons. The van der Waals surface area contributed by atoms with Crippen LogP contribution < -0.4 is 10.1 Å². The lowest BCUT2D eigenvalue weighted by molar-refractivity contribution is 0.351. The summed E-state index contributed by atoms with van der Waals surface area (Å²) in [5, 5.41) is 3.58. The zero-order chi connectivity index (χ0) is 14.3. The molecular weight excluding hydrogens is 234 g/mol. The molecule has 2 heteroatoms. The number of benzene rings is 1. The van der Waals surface area contributed by atoms with Crippen molar-refractivity contribution < 1.29 is 4.74 Å². The molecule has 2 nitrogen and oxygen atoms in total. The summed E-state index contributed by atoms with van der Waals surface area (Å²) in [6.07, 6.45) is 1.11. The van der Waals surface area contributed by atoms with E-state index >= 15 is 0 Å². The summed E-state index contributed by atoms with van der Waals surface area (Å²) < 4.78 is 5.29. The van der Waals surface area contributed by atoms with Gasteiger partial charge in [-0.25, -0.2) is 0 Å². The first-order chi connectivity index (χ1) is 9.02. The monoisotopic (exact) mass is 263 g/mol. The smallest absolute Gasteiger partial charge is 0.119 e. The van der Waals surface area contributed by atoms with Crippen LogP contribution in [0.1, 0.15) is 33.3 Å². The number of nitrogens with one attached hydrogen (secondary N) is 1. The van der Waals surface area contributed by atoms with Gasteiger partial charge < -0.3 is 10.1 Å². The molecule has 0 bridgehead atoms. The van der Waals surface area contributed by atoms with Gasteiger partial charge in [0, 0.05) is 0 Å². The van der Waals surface area contributed by atoms with Crippen LogP contribution in [-0.2, 0) is 6.42 Å². The molecule has 1 N–H and O–H groups in total. The predicted octanol–water partition coefficient (Wildman–Crippen LogP) is 3.76. The van der Waals surface area contributed by atoms with Crippen LogP contribution in [0.15, 0.2) is 24.3 Å². The van der Waals surface area contributed by atoms with Gasteiger partial charge in [-0.15, -0.1) is 0 Å². The van der Waals surface area contributed by atoms with Gasteiger partial charge in [0.05, 0.1) is 7.11 Å². The van der Waals surface area contributed by atoms with E-state index in [1.165, 1.54) is 5.56 Å². The van der Waals surface area contributed by atoms with Gasteiger partial charge in [-0.1, -0.05) is 39.8 Å². The summed E-state index contributed by atoms with van der Waals surface area (Å²) in [4.78, 5) is 0. The minimum Gasteiger partial charge on any atom is -0.497 e. The maximum atomic E-state index is 5.29. The van der Waals surface area contributed by atoms with Crippen molar-refractivity contribution in [3.63, 3.8) is 0 Å². The van der Waals surface area contributed by atoms with E-state index in [2.05, 4.69) is 51.2 Å². The summed E-state index contributed by atoms with van der Waals surface area (Å²) in [6.45, 7) is 11.3. The Kier molecular flexibility index (Phi) is 6.93. The van der Waals surface area contributed by atoms with Crippen molar-refractivity contribution in [3.8, 4) is 5.75 Å². The molecule has 0 saturated carbocycles. The fourth-order valence-electron chi connectivity index (χ4n) is 2.20. The lowest BCUT2D eigenvalue weighted by Crippen LogP contribution is -2.30. The maximum absolute atomic E-state index is 5.29. The third-order valence-electron chi connectivity index (χ3n) is 3.53. The second kappa shape index (κ2) is 8.21. The van der Waals surface area contributed by atoms with E-state index in [4.69, 9.17) is 4.74 Å². The van der Waals surface area contributed by atoms with Crippen molar-refractivity contribution in [2.75, 3.05) is 20.2 Å². The van der Waals surface area contributed by atoms with Gasteiger partial charge in [-0.05, 0) is 55.0 Å². The van der Waals surface area contributed by atoms with E-state index in [0.29, 0.717) is 17.8 Å². The van der Waals surface area contributed by atoms with Crippen LogP contribution in [0.3, 0.4) is 0 Å². The maximum Gasteiger partial charge on any atom is 0.119 e. The summed E-state index contributed by atoms with van der Waals surface area (Å²) in [7, 11) is 1.73. The minimum atomic E-state index is 0.672. The average Bonchev–Trinajstić information content (AvgIpc) is 2.37. The van der Waals surface area contributed by atoms with E-state index < -0.39 is 0 Å². The van der Waals surface area contributed by atoms with E-state index in [1.54, 1.807) is 7.11 Å². The molecule has 1 unspecified atom stereocenters. The Morgan fingerprint density at radius 2 is 1.84 bits per heavy atom. The Hall–Kier alpha value is -1.02. The number of ether oxygens (including phenoxy) is 1. The molecule has 1 atom stereocenters. The first-order valence-corrected chi connectivity index (χ1v) is 7.36. The van der Waals surface area contributed by atoms with Gasteiger partial charge in [0.2, 0.25) is 0 Å². The van der Waals surface area contributed by atoms with Gasteiger partial charge in [-0.3, -0.25) is 0 Å². The molecule has 0 heterocycles. The molecule has 0 aromatic heterocycles. The molecule has 0 aliphatic rings. The van der Waals surface area contributed by atoms with Crippen LogP contribution in [0.25, 0.3) is 0 Å². The van der Waals surface area contributed by atoms with Gasteiger partial charge in [-0.2, -0.15) is 0 Å². The molecule has 0 amide bonds. The molecule has 0 radical (unpaired) electrons. The van der Waals surface area contributed by atoms with Crippen LogP contribution >= 0.6 is 0 Å². The molecule has 1 rings (SSSR count). The van der Waals surface area contributed by atoms with E-state index in [1.807, 2.05) is 6.07 Å². The Labute approximate surface area is 118 Å². The third-order valence-corrected chi connectivity index (χ3v) is 3.53. The summed E-state index contributed by atoms with van der Waals surface area (Å²) in [5.41, 5.74) is 1.37. The highest BCUT2D eigenvalue weighted by Gasteiger charge is 2.14. The second-order valence-electron chi connectivity index (χ2n) is 6.11. The van der Waals surface area contributed by atoms with Crippen LogP contribution in [0.2, 0.25) is 0 Å². The Morgan fingerprint density at radius 1 is 1.11 bits per heavy atom. The SMILES string of the molecule is COc1cccc(CC(CNCC(C)C)C(C)C)c1. The lowest BCUT2D eigenvalue weighted by Gasteiger charge is -2.22. The van der Waals surface area contributed by atoms with Gasteiger partial charge in [0.1, 0.15) is 5.75 Å². The fourth-order valence-corrected chi connectivity index (χ4v) is 2.20. The lowest BCUT2D eigenvalue weighted by atomic mass is 9.89. The first-order valence-electron chi connectivity index (χ1n) is 7.36. The standard InChI is InChI=1S/C17H29NO/c1-13(2)11-18-12-16(14(3)4)9-15-7-6-8-17(10-15)19-5/h6-8,10,13-14,16,18H,9,11-12H2,1-5H3. The van der Waals surface area contributed by atoms with Crippen molar-refractivity contribution in [3.05, 3.63) is 29.8 Å². The van der Waals surface area contributed by atoms with Gasteiger partial charge >= 0.3 is 0 Å². The van der Waals surface area contributed by atoms with E-state index in [9.17, 15) is 0 Å². The average molecular weight is 263 g/mol. The van der Waals surface area contributed by atoms with E-state index in [-0.39, 0.29) is 0 Å². The number of rotatable bonds is 8. The molecule has 1 aromatic carbocycles. The zero-order valence-electron chi connectivity index (χ0n) is 13.1. The second-order valence-corrected chi connectivity index (χ2v) is 6.11. The van der Waals surface area contributed by atoms with Crippen molar-refractivity contribution >= 4 is 0 Å². The van der Waals surface area contributed by atoms with Gasteiger partial charge in [0.25, 0.3) is 0 Å². The first kappa shape index (κ1) is 16.0. The van der Waals surface area contributed by atoms with Crippen molar-refractivity contribution in [1.82, 2.24) is 5.32 Å². The normalized spacial score (nSPS) is 13.0. The molecule has 0 fully saturated rings. The largest absolute Gasteiger partial charge is 0.497 e. The summed E-state index contributed by atoms with van der Waals surface area (Å²) >= 11 is 0. The topological polar surface area (TPSA) is 21.3 Å². The van der Waals surface area contributed by atoms with Crippen molar-refractivity contribution in [1.29, 1.82) is 0 Å². The fraction of sp³-hybridized carbons (Fsp3) is 0.647. The third kappa shape index (κ3) is 6.11. The highest BCUT2D eigenvalue weighted by atomic mass is 16.5. The molecule has 0 aliphatic heterocycles. The van der Waals surface area contributed by atoms with E-state index in [0.717, 1.165) is 25.3 Å².